The fourth-order valence-corrected chi connectivity index (χ4v) is 3.11. The molecule has 0 radical (unpaired) electrons. The van der Waals surface area contributed by atoms with Crippen LogP contribution in [0.25, 0.3) is 0 Å². The number of likely N-dealkylation sites (N-methyl/N-ethyl adjacent to an activating group) is 1. The summed E-state index contributed by atoms with van der Waals surface area (Å²) in [5.74, 6) is 0.168. The largest absolute Gasteiger partial charge is 0.392 e. The monoisotopic (exact) mass is 327 g/mol. The molecule has 0 aromatic heterocycles. The first-order valence-electron chi connectivity index (χ1n) is 7.10. The molecule has 2 aliphatic heterocycles. The van der Waals surface area contributed by atoms with Crippen molar-refractivity contribution in [3.8, 4) is 0 Å². The molecule has 0 saturated carbocycles. The van der Waals surface area contributed by atoms with E-state index in [4.69, 9.17) is 0 Å². The number of halogens is 2. The molecule has 3 unspecified atom stereocenters. The summed E-state index contributed by atoms with van der Waals surface area (Å²) in [6.07, 6.45) is 1.27. The molecular formula is C13H27Cl2N3O2. The number of rotatable bonds is 4. The minimum absolute atomic E-state index is 0. The van der Waals surface area contributed by atoms with Crippen molar-refractivity contribution in [3.05, 3.63) is 0 Å². The van der Waals surface area contributed by atoms with Crippen molar-refractivity contribution >= 4 is 30.7 Å². The molecule has 1 amide bonds. The van der Waals surface area contributed by atoms with Crippen LogP contribution < -0.4 is 5.32 Å². The molecule has 0 bridgehead atoms. The van der Waals surface area contributed by atoms with E-state index in [-0.39, 0.29) is 42.9 Å². The third-order valence-electron chi connectivity index (χ3n) is 4.21. The molecule has 2 rings (SSSR count). The number of hydrogen-bond donors (Lipinski definition) is 2. The van der Waals surface area contributed by atoms with Gasteiger partial charge >= 0.3 is 0 Å². The Morgan fingerprint density at radius 3 is 2.50 bits per heavy atom. The van der Waals surface area contributed by atoms with Gasteiger partial charge in [0.25, 0.3) is 0 Å². The molecule has 0 aromatic rings. The third kappa shape index (κ3) is 4.46. The Morgan fingerprint density at radius 1 is 1.35 bits per heavy atom. The highest BCUT2D eigenvalue weighted by Crippen LogP contribution is 2.18. The van der Waals surface area contributed by atoms with Gasteiger partial charge in [-0.05, 0) is 25.9 Å². The van der Waals surface area contributed by atoms with Gasteiger partial charge in [0.1, 0.15) is 0 Å². The molecular weight excluding hydrogens is 301 g/mol. The summed E-state index contributed by atoms with van der Waals surface area (Å²) >= 11 is 0. The van der Waals surface area contributed by atoms with Crippen LogP contribution in [0.3, 0.4) is 0 Å². The van der Waals surface area contributed by atoms with Crippen LogP contribution in [-0.2, 0) is 4.79 Å². The van der Waals surface area contributed by atoms with E-state index in [1.165, 1.54) is 0 Å². The lowest BCUT2D eigenvalue weighted by Gasteiger charge is -2.26. The van der Waals surface area contributed by atoms with Crippen LogP contribution in [0.4, 0.5) is 0 Å². The van der Waals surface area contributed by atoms with E-state index in [1.807, 2.05) is 4.90 Å². The Balaban J connectivity index is 0.00000180. The highest BCUT2D eigenvalue weighted by molar-refractivity contribution is 5.85. The minimum atomic E-state index is -0.361. The van der Waals surface area contributed by atoms with E-state index < -0.39 is 0 Å². The molecule has 2 N–H and O–H groups in total. The lowest BCUT2D eigenvalue weighted by molar-refractivity contribution is -0.132. The van der Waals surface area contributed by atoms with E-state index in [9.17, 15) is 9.90 Å². The van der Waals surface area contributed by atoms with E-state index in [2.05, 4.69) is 24.1 Å². The van der Waals surface area contributed by atoms with Crippen molar-refractivity contribution in [2.45, 2.75) is 44.9 Å². The number of aliphatic hydroxyl groups excluding tert-OH is 1. The topological polar surface area (TPSA) is 55.8 Å². The number of likely N-dealkylation sites (tertiary alicyclic amines) is 1. The third-order valence-corrected chi connectivity index (χ3v) is 4.21. The van der Waals surface area contributed by atoms with Gasteiger partial charge in [-0.2, -0.15) is 0 Å². The standard InChI is InChI=1S/C13H25N3O2.2ClH/c1-3-15(4-2)10-5-6-16(9-10)13(18)12-7-11(17)8-14-12;;/h10-12,14,17H,3-9H2,1-2H3;2*1H. The number of hydrogen-bond acceptors (Lipinski definition) is 4. The van der Waals surface area contributed by atoms with E-state index in [1.54, 1.807) is 0 Å². The van der Waals surface area contributed by atoms with E-state index in [0.29, 0.717) is 19.0 Å². The number of amides is 1. The molecule has 2 fully saturated rings. The average molecular weight is 328 g/mol. The quantitative estimate of drug-likeness (QED) is 0.789. The molecule has 7 heteroatoms. The van der Waals surface area contributed by atoms with Crippen LogP contribution in [-0.4, -0.2) is 71.7 Å². The van der Waals surface area contributed by atoms with Crippen LogP contribution >= 0.6 is 24.8 Å². The van der Waals surface area contributed by atoms with Gasteiger partial charge in [0.15, 0.2) is 0 Å². The second-order valence-corrected chi connectivity index (χ2v) is 5.30. The molecule has 20 heavy (non-hydrogen) atoms. The molecule has 3 atom stereocenters. The second kappa shape index (κ2) is 9.05. The van der Waals surface area contributed by atoms with Crippen molar-refractivity contribution < 1.29 is 9.90 Å². The first-order chi connectivity index (χ1) is 8.65. The first kappa shape index (κ1) is 19.9. The zero-order chi connectivity index (χ0) is 13.1. The van der Waals surface area contributed by atoms with Gasteiger partial charge in [-0.1, -0.05) is 13.8 Å². The Labute approximate surface area is 133 Å². The van der Waals surface area contributed by atoms with Crippen molar-refractivity contribution in [3.63, 3.8) is 0 Å². The predicted octanol–water partition coefficient (Wildman–Crippen LogP) is 0.495. The van der Waals surface area contributed by atoms with Gasteiger partial charge in [0.05, 0.1) is 12.1 Å². The zero-order valence-corrected chi connectivity index (χ0v) is 13.9. The number of carbonyl (C=O) groups excluding carboxylic acids is 1. The minimum Gasteiger partial charge on any atom is -0.392 e. The van der Waals surface area contributed by atoms with Crippen molar-refractivity contribution in [2.24, 2.45) is 0 Å². The van der Waals surface area contributed by atoms with Gasteiger partial charge in [0, 0.05) is 25.7 Å². The highest BCUT2D eigenvalue weighted by Gasteiger charge is 2.35. The highest BCUT2D eigenvalue weighted by atomic mass is 35.5. The summed E-state index contributed by atoms with van der Waals surface area (Å²) in [5.41, 5.74) is 0. The van der Waals surface area contributed by atoms with Gasteiger partial charge in [-0.15, -0.1) is 24.8 Å². The van der Waals surface area contributed by atoms with Crippen LogP contribution in [0.5, 0.6) is 0 Å². The van der Waals surface area contributed by atoms with Crippen molar-refractivity contribution in [1.29, 1.82) is 0 Å². The van der Waals surface area contributed by atoms with Crippen LogP contribution in [0, 0.1) is 0 Å². The van der Waals surface area contributed by atoms with E-state index in [0.717, 1.165) is 32.6 Å². The van der Waals surface area contributed by atoms with E-state index >= 15 is 0 Å². The Bertz CT molecular complexity index is 303. The summed E-state index contributed by atoms with van der Waals surface area (Å²) < 4.78 is 0. The maximum Gasteiger partial charge on any atom is 0.239 e. The second-order valence-electron chi connectivity index (χ2n) is 5.30. The summed E-state index contributed by atoms with van der Waals surface area (Å²) in [7, 11) is 0. The fourth-order valence-electron chi connectivity index (χ4n) is 3.11. The molecule has 2 saturated heterocycles. The molecule has 2 heterocycles. The summed E-state index contributed by atoms with van der Waals surface area (Å²) in [4.78, 5) is 16.6. The Kier molecular flexibility index (Phi) is 9.02. The maximum absolute atomic E-state index is 12.3. The summed E-state index contributed by atoms with van der Waals surface area (Å²) in [6.45, 7) is 8.67. The zero-order valence-electron chi connectivity index (χ0n) is 12.2. The lowest BCUT2D eigenvalue weighted by atomic mass is 10.2. The van der Waals surface area contributed by atoms with Gasteiger partial charge in [-0.3, -0.25) is 9.69 Å². The lowest BCUT2D eigenvalue weighted by Crippen LogP contribution is -2.44. The van der Waals surface area contributed by atoms with Crippen LogP contribution in [0.2, 0.25) is 0 Å². The number of nitrogens with zero attached hydrogens (tertiary/aromatic N) is 2. The molecule has 0 spiro atoms. The maximum atomic E-state index is 12.3. The number of carbonyl (C=O) groups is 1. The van der Waals surface area contributed by atoms with Gasteiger partial charge in [0.2, 0.25) is 5.91 Å². The Morgan fingerprint density at radius 2 is 2.00 bits per heavy atom. The molecule has 120 valence electrons. The summed E-state index contributed by atoms with van der Waals surface area (Å²) in [5, 5.41) is 12.6. The summed E-state index contributed by atoms with van der Waals surface area (Å²) in [6, 6.07) is 0.339. The number of β-amino-alcohol motifs (C(OH)–C–C–N with tert-alkyl or cyclic N) is 1. The van der Waals surface area contributed by atoms with Gasteiger partial charge in [-0.25, -0.2) is 0 Å². The van der Waals surface area contributed by atoms with Crippen LogP contribution in [0.15, 0.2) is 0 Å². The van der Waals surface area contributed by atoms with Crippen molar-refractivity contribution in [1.82, 2.24) is 15.1 Å². The average Bonchev–Trinajstić information content (AvgIpc) is 2.99. The normalized spacial score (nSPS) is 29.2. The molecule has 2 aliphatic rings. The van der Waals surface area contributed by atoms with Crippen LogP contribution in [0.1, 0.15) is 26.7 Å². The SMILES string of the molecule is CCN(CC)C1CCN(C(=O)C2CC(O)CN2)C1.Cl.Cl. The number of nitrogens with one attached hydrogen (secondary N) is 1. The molecule has 0 aromatic carbocycles. The predicted molar refractivity (Wildman–Crippen MR) is 84.8 cm³/mol. The Hall–Kier alpha value is -0.0700. The molecule has 0 aliphatic carbocycles. The van der Waals surface area contributed by atoms with Crippen molar-refractivity contribution in [2.75, 3.05) is 32.7 Å². The number of aliphatic hydroxyl groups is 1. The molecule has 5 nitrogen and oxygen atoms in total. The van der Waals surface area contributed by atoms with Gasteiger partial charge < -0.3 is 15.3 Å². The first-order valence-corrected chi connectivity index (χ1v) is 7.10. The smallest absolute Gasteiger partial charge is 0.239 e. The fraction of sp³-hybridized carbons (Fsp3) is 0.923.